The normalized spacial score (nSPS) is 10.3. The van der Waals surface area contributed by atoms with Gasteiger partial charge in [-0.2, -0.15) is 0 Å². The molecular weight excluding hydrogens is 346 g/mol. The maximum atomic E-state index is 12.6. The van der Waals surface area contributed by atoms with Crippen molar-refractivity contribution in [2.75, 3.05) is 19.0 Å². The zero-order valence-corrected chi connectivity index (χ0v) is 15.0. The van der Waals surface area contributed by atoms with Gasteiger partial charge in [0.2, 0.25) is 0 Å². The zero-order chi connectivity index (χ0) is 19.2. The van der Waals surface area contributed by atoms with Crippen LogP contribution in [0.2, 0.25) is 0 Å². The predicted molar refractivity (Wildman–Crippen MR) is 101 cm³/mol. The topological polar surface area (TPSA) is 91.2 Å². The van der Waals surface area contributed by atoms with Crippen LogP contribution in [0.15, 0.2) is 55.4 Å². The number of hydrogen-bond acceptors (Lipinski definition) is 6. The third-order valence-corrected chi connectivity index (χ3v) is 3.85. The summed E-state index contributed by atoms with van der Waals surface area (Å²) >= 11 is 0. The number of nitrogens with one attached hydrogen (secondary N) is 1. The van der Waals surface area contributed by atoms with E-state index < -0.39 is 0 Å². The molecule has 1 heterocycles. The highest BCUT2D eigenvalue weighted by Gasteiger charge is 2.12. The van der Waals surface area contributed by atoms with E-state index in [-0.39, 0.29) is 5.91 Å². The molecule has 0 fully saturated rings. The molecule has 0 radical (unpaired) electrons. The lowest BCUT2D eigenvalue weighted by molar-refractivity contribution is 0.102. The van der Waals surface area contributed by atoms with Crippen molar-refractivity contribution in [1.82, 2.24) is 20.2 Å². The average Bonchev–Trinajstić information content (AvgIpc) is 3.22. The van der Waals surface area contributed by atoms with Gasteiger partial charge in [0.05, 0.1) is 12.8 Å². The Morgan fingerprint density at radius 1 is 1.26 bits per heavy atom. The van der Waals surface area contributed by atoms with Gasteiger partial charge in [-0.15, -0.1) is 5.10 Å². The number of aryl methyl sites for hydroxylation is 1. The summed E-state index contributed by atoms with van der Waals surface area (Å²) in [6.07, 6.45) is 3.14. The fourth-order valence-corrected chi connectivity index (χ4v) is 2.49. The standard InChI is InChI=1S/C19H19N5O3/c1-4-9-27-17-8-6-14(10-18(17)26-3)19(25)21-15-7-5-13(2)16(11-15)24-12-20-22-23-24/h4-8,10-12H,1,9H2,2-3H3,(H,21,25). The number of benzene rings is 2. The highest BCUT2D eigenvalue weighted by Crippen LogP contribution is 2.28. The average molecular weight is 365 g/mol. The summed E-state index contributed by atoms with van der Waals surface area (Å²) in [6.45, 7) is 5.90. The Morgan fingerprint density at radius 3 is 2.81 bits per heavy atom. The largest absolute Gasteiger partial charge is 0.493 e. The number of rotatable bonds is 7. The highest BCUT2D eigenvalue weighted by atomic mass is 16.5. The van der Waals surface area contributed by atoms with Gasteiger partial charge < -0.3 is 14.8 Å². The number of hydrogen-bond donors (Lipinski definition) is 1. The van der Waals surface area contributed by atoms with Crippen LogP contribution in [-0.4, -0.2) is 39.8 Å². The van der Waals surface area contributed by atoms with Crippen LogP contribution in [0.1, 0.15) is 15.9 Å². The number of tetrazole rings is 1. The van der Waals surface area contributed by atoms with Crippen molar-refractivity contribution < 1.29 is 14.3 Å². The summed E-state index contributed by atoms with van der Waals surface area (Å²) in [5.41, 5.74) is 2.83. The molecule has 0 atom stereocenters. The molecule has 2 aromatic carbocycles. The second kappa shape index (κ2) is 8.13. The molecular formula is C19H19N5O3. The number of nitrogens with zero attached hydrogens (tertiary/aromatic N) is 4. The lowest BCUT2D eigenvalue weighted by atomic mass is 10.1. The summed E-state index contributed by atoms with van der Waals surface area (Å²) < 4.78 is 12.3. The quantitative estimate of drug-likeness (QED) is 0.648. The van der Waals surface area contributed by atoms with Crippen molar-refractivity contribution >= 4 is 11.6 Å². The molecule has 8 nitrogen and oxygen atoms in total. The zero-order valence-electron chi connectivity index (χ0n) is 15.0. The summed E-state index contributed by atoms with van der Waals surface area (Å²) in [7, 11) is 1.52. The Balaban J connectivity index is 1.81. The minimum Gasteiger partial charge on any atom is -0.493 e. The molecule has 27 heavy (non-hydrogen) atoms. The monoisotopic (exact) mass is 365 g/mol. The first kappa shape index (κ1) is 18.1. The molecule has 1 amide bonds. The number of carbonyl (C=O) groups is 1. The molecule has 0 saturated carbocycles. The van der Waals surface area contributed by atoms with Gasteiger partial charge in [0, 0.05) is 11.3 Å². The first-order chi connectivity index (χ1) is 13.1. The van der Waals surface area contributed by atoms with Gasteiger partial charge in [-0.25, -0.2) is 4.68 Å². The summed E-state index contributed by atoms with van der Waals surface area (Å²) in [4.78, 5) is 12.6. The Labute approximate surface area is 156 Å². The fourth-order valence-electron chi connectivity index (χ4n) is 2.49. The van der Waals surface area contributed by atoms with E-state index in [1.54, 1.807) is 29.0 Å². The third-order valence-electron chi connectivity index (χ3n) is 3.85. The summed E-state index contributed by atoms with van der Waals surface area (Å²) in [5.74, 6) is 0.753. The van der Waals surface area contributed by atoms with Gasteiger partial charge in [-0.3, -0.25) is 4.79 Å². The van der Waals surface area contributed by atoms with Crippen LogP contribution >= 0.6 is 0 Å². The molecule has 0 unspecified atom stereocenters. The van der Waals surface area contributed by atoms with Crippen LogP contribution in [0.4, 0.5) is 5.69 Å². The molecule has 0 saturated heterocycles. The van der Waals surface area contributed by atoms with Crippen LogP contribution in [0.3, 0.4) is 0 Å². The van der Waals surface area contributed by atoms with Crippen LogP contribution in [0.5, 0.6) is 11.5 Å². The first-order valence-electron chi connectivity index (χ1n) is 8.19. The molecule has 8 heteroatoms. The van der Waals surface area contributed by atoms with E-state index in [1.807, 2.05) is 25.1 Å². The molecule has 3 rings (SSSR count). The summed E-state index contributed by atoms with van der Waals surface area (Å²) in [5, 5.41) is 14.0. The van der Waals surface area contributed by atoms with E-state index >= 15 is 0 Å². The van der Waals surface area contributed by atoms with E-state index in [4.69, 9.17) is 9.47 Å². The van der Waals surface area contributed by atoms with Crippen molar-refractivity contribution in [2.24, 2.45) is 0 Å². The second-order valence-corrected chi connectivity index (χ2v) is 5.68. The molecule has 0 bridgehead atoms. The van der Waals surface area contributed by atoms with Crippen molar-refractivity contribution in [3.63, 3.8) is 0 Å². The van der Waals surface area contributed by atoms with E-state index in [0.29, 0.717) is 29.4 Å². The Kier molecular flexibility index (Phi) is 5.46. The third kappa shape index (κ3) is 4.12. The Morgan fingerprint density at radius 2 is 2.11 bits per heavy atom. The number of ether oxygens (including phenoxy) is 2. The van der Waals surface area contributed by atoms with Gasteiger partial charge >= 0.3 is 0 Å². The number of methoxy groups -OCH3 is 1. The summed E-state index contributed by atoms with van der Waals surface area (Å²) in [6, 6.07) is 10.5. The van der Waals surface area contributed by atoms with Gasteiger partial charge in [0.25, 0.3) is 5.91 Å². The maximum absolute atomic E-state index is 12.6. The number of amides is 1. The molecule has 0 aliphatic carbocycles. The highest BCUT2D eigenvalue weighted by molar-refractivity contribution is 6.04. The SMILES string of the molecule is C=CCOc1ccc(C(=O)Nc2ccc(C)c(-n3cnnn3)c2)cc1OC. The van der Waals surface area contributed by atoms with E-state index in [1.165, 1.54) is 13.4 Å². The molecule has 3 aromatic rings. The molecule has 0 aliphatic rings. The van der Waals surface area contributed by atoms with Crippen molar-refractivity contribution in [2.45, 2.75) is 6.92 Å². The fraction of sp³-hybridized carbons (Fsp3) is 0.158. The first-order valence-corrected chi connectivity index (χ1v) is 8.19. The molecule has 138 valence electrons. The van der Waals surface area contributed by atoms with Crippen molar-refractivity contribution in [3.05, 3.63) is 66.5 Å². The smallest absolute Gasteiger partial charge is 0.255 e. The van der Waals surface area contributed by atoms with Crippen molar-refractivity contribution in [3.8, 4) is 17.2 Å². The lowest BCUT2D eigenvalue weighted by Crippen LogP contribution is -2.13. The van der Waals surface area contributed by atoms with Gasteiger partial charge in [0.15, 0.2) is 11.5 Å². The molecule has 0 aliphatic heterocycles. The van der Waals surface area contributed by atoms with Crippen LogP contribution < -0.4 is 14.8 Å². The minimum atomic E-state index is -0.268. The number of aromatic nitrogens is 4. The van der Waals surface area contributed by atoms with Crippen molar-refractivity contribution in [1.29, 1.82) is 0 Å². The molecule has 0 spiro atoms. The van der Waals surface area contributed by atoms with Crippen LogP contribution in [0, 0.1) is 6.92 Å². The van der Waals surface area contributed by atoms with E-state index in [9.17, 15) is 4.79 Å². The van der Waals surface area contributed by atoms with Gasteiger partial charge in [-0.05, 0) is 53.2 Å². The van der Waals surface area contributed by atoms with Gasteiger partial charge in [0.1, 0.15) is 12.9 Å². The molecule has 1 N–H and O–H groups in total. The molecule has 1 aromatic heterocycles. The van der Waals surface area contributed by atoms with Crippen LogP contribution in [0.25, 0.3) is 5.69 Å². The minimum absolute atomic E-state index is 0.268. The maximum Gasteiger partial charge on any atom is 0.255 e. The predicted octanol–water partition coefficient (Wildman–Crippen LogP) is 2.80. The van der Waals surface area contributed by atoms with Gasteiger partial charge in [-0.1, -0.05) is 18.7 Å². The second-order valence-electron chi connectivity index (χ2n) is 5.68. The van der Waals surface area contributed by atoms with E-state index in [0.717, 1.165) is 11.3 Å². The number of carbonyl (C=O) groups excluding carboxylic acids is 1. The Hall–Kier alpha value is -3.68. The van der Waals surface area contributed by atoms with Crippen LogP contribution in [-0.2, 0) is 0 Å². The van der Waals surface area contributed by atoms with E-state index in [2.05, 4.69) is 27.4 Å². The number of anilines is 1. The lowest BCUT2D eigenvalue weighted by Gasteiger charge is -2.12. The Bertz CT molecular complexity index is 954.